The van der Waals surface area contributed by atoms with Gasteiger partial charge in [0, 0.05) is 13.1 Å². The van der Waals surface area contributed by atoms with Crippen LogP contribution in [0.5, 0.6) is 5.75 Å². The number of hydrogen-bond donors (Lipinski definition) is 0. The molecule has 1 aliphatic heterocycles. The quantitative estimate of drug-likeness (QED) is 0.844. The maximum absolute atomic E-state index is 12.4. The van der Waals surface area contributed by atoms with Crippen LogP contribution in [0.1, 0.15) is 35.2 Å². The van der Waals surface area contributed by atoms with Crippen LogP contribution in [0.3, 0.4) is 0 Å². The summed E-state index contributed by atoms with van der Waals surface area (Å²) in [4.78, 5) is 14.4. The van der Waals surface area contributed by atoms with Crippen LogP contribution in [0.25, 0.3) is 0 Å². The maximum Gasteiger partial charge on any atom is 0.257 e. The van der Waals surface area contributed by atoms with Gasteiger partial charge in [-0.2, -0.15) is 0 Å². The van der Waals surface area contributed by atoms with Crippen LogP contribution in [0, 0.1) is 5.92 Å². The van der Waals surface area contributed by atoms with Gasteiger partial charge in [0.1, 0.15) is 12.0 Å². The second kappa shape index (κ2) is 7.36. The molecule has 1 aromatic carbocycles. The Morgan fingerprint density at radius 2 is 2.13 bits per heavy atom. The zero-order chi connectivity index (χ0) is 16.1. The molecule has 0 radical (unpaired) electrons. The lowest BCUT2D eigenvalue weighted by molar-refractivity contribution is 0.0667. The summed E-state index contributed by atoms with van der Waals surface area (Å²) in [6, 6.07) is 9.99. The fourth-order valence-corrected chi connectivity index (χ4v) is 3.22. The Hall–Kier alpha value is -2.23. The Morgan fingerprint density at radius 3 is 2.83 bits per heavy atom. The van der Waals surface area contributed by atoms with E-state index in [2.05, 4.69) is 12.1 Å². The number of likely N-dealkylation sites (tertiary alicyclic amines) is 1. The highest BCUT2D eigenvalue weighted by molar-refractivity contribution is 5.93. The lowest BCUT2D eigenvalue weighted by Gasteiger charge is -2.32. The van der Waals surface area contributed by atoms with Crippen molar-refractivity contribution in [2.45, 2.75) is 25.7 Å². The number of rotatable bonds is 5. The molecule has 1 saturated heterocycles. The summed E-state index contributed by atoms with van der Waals surface area (Å²) in [6.07, 6.45) is 7.52. The van der Waals surface area contributed by atoms with Crippen LogP contribution < -0.4 is 4.74 Å². The average Bonchev–Trinajstić information content (AvgIpc) is 3.14. The van der Waals surface area contributed by atoms with Gasteiger partial charge in [-0.05, 0) is 55.4 Å². The van der Waals surface area contributed by atoms with E-state index >= 15 is 0 Å². The van der Waals surface area contributed by atoms with Crippen LogP contribution in [0.15, 0.2) is 47.3 Å². The van der Waals surface area contributed by atoms with Gasteiger partial charge in [-0.1, -0.05) is 12.1 Å². The van der Waals surface area contributed by atoms with E-state index in [4.69, 9.17) is 9.15 Å². The third-order valence-electron chi connectivity index (χ3n) is 4.57. The van der Waals surface area contributed by atoms with Crippen molar-refractivity contribution in [3.05, 3.63) is 54.0 Å². The molecule has 122 valence electrons. The number of nitrogens with zero attached hydrogens (tertiary/aromatic N) is 1. The second-order valence-corrected chi connectivity index (χ2v) is 6.16. The molecule has 2 aromatic rings. The van der Waals surface area contributed by atoms with Gasteiger partial charge in [0.2, 0.25) is 0 Å². The minimum absolute atomic E-state index is 0.0906. The minimum Gasteiger partial charge on any atom is -0.497 e. The first-order valence-electron chi connectivity index (χ1n) is 8.20. The first-order valence-corrected chi connectivity index (χ1v) is 8.20. The first kappa shape index (κ1) is 15.7. The summed E-state index contributed by atoms with van der Waals surface area (Å²) in [5.41, 5.74) is 1.98. The molecule has 1 aliphatic rings. The molecule has 3 rings (SSSR count). The molecule has 2 heterocycles. The molecule has 0 N–H and O–H groups in total. The highest BCUT2D eigenvalue weighted by atomic mass is 16.5. The van der Waals surface area contributed by atoms with Gasteiger partial charge in [0.25, 0.3) is 5.91 Å². The highest BCUT2D eigenvalue weighted by Gasteiger charge is 2.24. The van der Waals surface area contributed by atoms with Crippen molar-refractivity contribution < 1.29 is 13.9 Å². The summed E-state index contributed by atoms with van der Waals surface area (Å²) in [5.74, 6) is 1.55. The Kier molecular flexibility index (Phi) is 5.01. The Balaban J connectivity index is 1.53. The van der Waals surface area contributed by atoms with Crippen molar-refractivity contribution >= 4 is 5.91 Å². The normalized spacial score (nSPS) is 18.0. The van der Waals surface area contributed by atoms with Crippen molar-refractivity contribution in [2.24, 2.45) is 5.92 Å². The summed E-state index contributed by atoms with van der Waals surface area (Å²) in [5, 5.41) is 0. The monoisotopic (exact) mass is 313 g/mol. The van der Waals surface area contributed by atoms with Gasteiger partial charge in [0.05, 0.1) is 18.9 Å². The highest BCUT2D eigenvalue weighted by Crippen LogP contribution is 2.23. The topological polar surface area (TPSA) is 42.7 Å². The molecule has 0 unspecified atom stereocenters. The number of carbonyl (C=O) groups excluding carboxylic acids is 1. The van der Waals surface area contributed by atoms with Crippen molar-refractivity contribution in [2.75, 3.05) is 20.2 Å². The second-order valence-electron chi connectivity index (χ2n) is 6.16. The molecule has 0 bridgehead atoms. The van der Waals surface area contributed by atoms with E-state index in [0.29, 0.717) is 11.5 Å². The summed E-state index contributed by atoms with van der Waals surface area (Å²) < 4.78 is 10.2. The van der Waals surface area contributed by atoms with E-state index in [1.807, 2.05) is 17.0 Å². The molecule has 1 aromatic heterocycles. The Labute approximate surface area is 137 Å². The van der Waals surface area contributed by atoms with Crippen LogP contribution >= 0.6 is 0 Å². The molecule has 0 aliphatic carbocycles. The van der Waals surface area contributed by atoms with Gasteiger partial charge < -0.3 is 14.1 Å². The molecule has 1 atom stereocenters. The number of ether oxygens (including phenoxy) is 1. The molecule has 4 nitrogen and oxygen atoms in total. The number of methoxy groups -OCH3 is 1. The van der Waals surface area contributed by atoms with E-state index in [9.17, 15) is 4.79 Å². The summed E-state index contributed by atoms with van der Waals surface area (Å²) >= 11 is 0. The van der Waals surface area contributed by atoms with Crippen LogP contribution in [-0.2, 0) is 6.42 Å². The summed E-state index contributed by atoms with van der Waals surface area (Å²) in [7, 11) is 1.68. The number of benzene rings is 1. The zero-order valence-corrected chi connectivity index (χ0v) is 13.5. The Bertz CT molecular complexity index is 619. The molecule has 0 spiro atoms. The van der Waals surface area contributed by atoms with Crippen molar-refractivity contribution in [1.82, 2.24) is 4.90 Å². The number of amides is 1. The molecule has 23 heavy (non-hydrogen) atoms. The number of furan rings is 1. The predicted molar refractivity (Wildman–Crippen MR) is 88.7 cm³/mol. The molecule has 0 saturated carbocycles. The fourth-order valence-electron chi connectivity index (χ4n) is 3.22. The van der Waals surface area contributed by atoms with E-state index in [0.717, 1.165) is 38.1 Å². The summed E-state index contributed by atoms with van der Waals surface area (Å²) in [6.45, 7) is 1.70. The standard InChI is InChI=1S/C19H23NO3/c1-22-18-8-6-15(7-9-18)4-5-16-3-2-11-20(13-16)19(21)17-10-12-23-14-17/h6-10,12,14,16H,2-5,11,13H2,1H3/t16-/m1/s1. The largest absolute Gasteiger partial charge is 0.497 e. The zero-order valence-electron chi connectivity index (χ0n) is 13.5. The molecule has 4 heteroatoms. The van der Waals surface area contributed by atoms with E-state index in [1.54, 1.807) is 19.4 Å². The first-order chi connectivity index (χ1) is 11.3. The fraction of sp³-hybridized carbons (Fsp3) is 0.421. The van der Waals surface area contributed by atoms with Gasteiger partial charge in [-0.15, -0.1) is 0 Å². The minimum atomic E-state index is 0.0906. The smallest absolute Gasteiger partial charge is 0.257 e. The van der Waals surface area contributed by atoms with Crippen molar-refractivity contribution in [1.29, 1.82) is 0 Å². The predicted octanol–water partition coefficient (Wildman–Crippen LogP) is 3.77. The SMILES string of the molecule is COc1ccc(CC[C@H]2CCCN(C(=O)c3ccoc3)C2)cc1. The van der Waals surface area contributed by atoms with Crippen molar-refractivity contribution in [3.8, 4) is 5.75 Å². The van der Waals surface area contributed by atoms with Gasteiger partial charge >= 0.3 is 0 Å². The lowest BCUT2D eigenvalue weighted by atomic mass is 9.91. The molecule has 1 fully saturated rings. The molecular formula is C19H23NO3. The lowest BCUT2D eigenvalue weighted by Crippen LogP contribution is -2.39. The van der Waals surface area contributed by atoms with Gasteiger partial charge in [-0.3, -0.25) is 4.79 Å². The maximum atomic E-state index is 12.4. The van der Waals surface area contributed by atoms with E-state index < -0.39 is 0 Å². The number of carbonyl (C=O) groups is 1. The van der Waals surface area contributed by atoms with Crippen LogP contribution in [0.4, 0.5) is 0 Å². The van der Waals surface area contributed by atoms with Crippen LogP contribution in [0.2, 0.25) is 0 Å². The number of piperidine rings is 1. The number of aryl methyl sites for hydroxylation is 1. The third kappa shape index (κ3) is 3.95. The molecular weight excluding hydrogens is 290 g/mol. The number of hydrogen-bond acceptors (Lipinski definition) is 3. The molecule has 1 amide bonds. The van der Waals surface area contributed by atoms with Gasteiger partial charge in [-0.25, -0.2) is 0 Å². The Morgan fingerprint density at radius 1 is 1.30 bits per heavy atom. The average molecular weight is 313 g/mol. The van der Waals surface area contributed by atoms with E-state index in [1.165, 1.54) is 18.2 Å². The van der Waals surface area contributed by atoms with Crippen molar-refractivity contribution in [3.63, 3.8) is 0 Å². The van der Waals surface area contributed by atoms with Gasteiger partial charge in [0.15, 0.2) is 0 Å². The van der Waals surface area contributed by atoms with Crippen LogP contribution in [-0.4, -0.2) is 31.0 Å². The van der Waals surface area contributed by atoms with E-state index in [-0.39, 0.29) is 5.91 Å². The third-order valence-corrected chi connectivity index (χ3v) is 4.57.